The molecular formula is C27H27F3N8O4S. The van der Waals surface area contributed by atoms with Crippen molar-refractivity contribution in [2.45, 2.75) is 30.8 Å². The van der Waals surface area contributed by atoms with Crippen LogP contribution in [-0.4, -0.2) is 77.1 Å². The number of carbonyl (C=O) groups is 1. The Kier molecular flexibility index (Phi) is 8.59. The predicted molar refractivity (Wildman–Crippen MR) is 151 cm³/mol. The molecule has 0 spiro atoms. The Hall–Kier alpha value is -4.57. The summed E-state index contributed by atoms with van der Waals surface area (Å²) in [5.74, 6) is -0.727. The smallest absolute Gasteiger partial charge is 0.406 e. The summed E-state index contributed by atoms with van der Waals surface area (Å²) in [5.41, 5.74) is 2.54. The van der Waals surface area contributed by atoms with E-state index in [1.54, 1.807) is 4.90 Å². The predicted octanol–water partition coefficient (Wildman–Crippen LogP) is 2.95. The normalized spacial score (nSPS) is 16.2. The molecule has 16 heteroatoms. The second kappa shape index (κ2) is 12.3. The van der Waals surface area contributed by atoms with Crippen LogP contribution in [-0.2, 0) is 21.4 Å². The van der Waals surface area contributed by atoms with Crippen molar-refractivity contribution in [1.82, 2.24) is 29.6 Å². The average molecular weight is 617 g/mol. The zero-order valence-electron chi connectivity index (χ0n) is 22.8. The molecule has 226 valence electrons. The highest BCUT2D eigenvalue weighted by Gasteiger charge is 2.41. The number of anilines is 2. The summed E-state index contributed by atoms with van der Waals surface area (Å²) in [7, 11) is -4.31. The van der Waals surface area contributed by atoms with Gasteiger partial charge in [-0.2, -0.15) is 4.31 Å². The summed E-state index contributed by atoms with van der Waals surface area (Å²) in [5, 5.41) is 6.00. The number of alkyl halides is 3. The number of rotatable bonds is 9. The summed E-state index contributed by atoms with van der Waals surface area (Å²) < 4.78 is 70.1. The van der Waals surface area contributed by atoms with Gasteiger partial charge in [-0.25, -0.2) is 28.4 Å². The molecule has 0 radical (unpaired) electrons. The number of fused-ring (bicyclic) bond motifs is 1. The standard InChI is InChI=1S/C27H27F3N8O4S/c1-2-32-19-5-3-18(4-6-19)13-34-26(39)23-16-37(24-15-33-22-14-31-17-35-25(22)36-24)11-12-38(23)43(40,41)21-9-7-20(8-10-21)42-27(28,29)30/h3-10,14-15,17,23,32H,2,11-13,16H2,1H3,(H,34,39)/t23-/m1/s1. The van der Waals surface area contributed by atoms with Crippen LogP contribution in [0.25, 0.3) is 11.2 Å². The maximum atomic E-state index is 13.7. The third-order valence-corrected chi connectivity index (χ3v) is 8.56. The third kappa shape index (κ3) is 7.09. The van der Waals surface area contributed by atoms with Crippen LogP contribution in [0.1, 0.15) is 12.5 Å². The first-order valence-corrected chi connectivity index (χ1v) is 14.6. The Morgan fingerprint density at radius 1 is 1.05 bits per heavy atom. The second-order valence-corrected chi connectivity index (χ2v) is 11.4. The molecule has 5 rings (SSSR count). The largest absolute Gasteiger partial charge is 0.573 e. The molecular weight excluding hydrogens is 589 g/mol. The third-order valence-electron chi connectivity index (χ3n) is 6.64. The Morgan fingerprint density at radius 2 is 1.79 bits per heavy atom. The molecule has 3 heterocycles. The van der Waals surface area contributed by atoms with Crippen molar-refractivity contribution in [3.8, 4) is 5.75 Å². The first-order chi connectivity index (χ1) is 20.5. The molecule has 0 aliphatic carbocycles. The molecule has 2 aromatic heterocycles. The van der Waals surface area contributed by atoms with E-state index in [0.717, 1.165) is 46.4 Å². The van der Waals surface area contributed by atoms with Gasteiger partial charge < -0.3 is 20.3 Å². The molecule has 43 heavy (non-hydrogen) atoms. The van der Waals surface area contributed by atoms with E-state index < -0.39 is 34.1 Å². The number of ether oxygens (including phenoxy) is 1. The number of nitrogens with one attached hydrogen (secondary N) is 2. The van der Waals surface area contributed by atoms with Crippen molar-refractivity contribution in [1.29, 1.82) is 0 Å². The van der Waals surface area contributed by atoms with Gasteiger partial charge >= 0.3 is 6.36 Å². The van der Waals surface area contributed by atoms with Gasteiger partial charge in [0.1, 0.15) is 29.5 Å². The lowest BCUT2D eigenvalue weighted by Crippen LogP contribution is -2.60. The fourth-order valence-electron chi connectivity index (χ4n) is 4.59. The van der Waals surface area contributed by atoms with Crippen LogP contribution in [0.2, 0.25) is 0 Å². The van der Waals surface area contributed by atoms with Gasteiger partial charge in [0.15, 0.2) is 5.65 Å². The number of piperazine rings is 1. The summed E-state index contributed by atoms with van der Waals surface area (Å²) in [6.07, 6.45) is -0.590. The van der Waals surface area contributed by atoms with Gasteiger partial charge in [0.2, 0.25) is 15.9 Å². The van der Waals surface area contributed by atoms with Crippen LogP contribution in [0.4, 0.5) is 24.7 Å². The van der Waals surface area contributed by atoms with Gasteiger partial charge in [-0.15, -0.1) is 13.2 Å². The van der Waals surface area contributed by atoms with Gasteiger partial charge in [-0.05, 0) is 48.9 Å². The van der Waals surface area contributed by atoms with Crippen molar-refractivity contribution in [3.05, 3.63) is 72.8 Å². The topological polar surface area (TPSA) is 143 Å². The van der Waals surface area contributed by atoms with E-state index in [1.165, 1.54) is 18.7 Å². The summed E-state index contributed by atoms with van der Waals surface area (Å²) in [6.45, 7) is 2.86. The number of carbonyl (C=O) groups excluding carboxylic acids is 1. The summed E-state index contributed by atoms with van der Waals surface area (Å²) in [6, 6.07) is 10.1. The lowest BCUT2D eigenvalue weighted by Gasteiger charge is -2.40. The molecule has 1 fully saturated rings. The number of nitrogens with zero attached hydrogens (tertiary/aromatic N) is 6. The number of sulfonamides is 1. The Balaban J connectivity index is 1.40. The number of hydrogen-bond donors (Lipinski definition) is 2. The quantitative estimate of drug-likeness (QED) is 0.288. The van der Waals surface area contributed by atoms with E-state index >= 15 is 0 Å². The molecule has 1 saturated heterocycles. The van der Waals surface area contributed by atoms with Crippen LogP contribution in [0.15, 0.2) is 72.1 Å². The minimum absolute atomic E-state index is 0.0645. The summed E-state index contributed by atoms with van der Waals surface area (Å²) >= 11 is 0. The molecule has 1 atom stereocenters. The van der Waals surface area contributed by atoms with Gasteiger partial charge in [0.05, 0.1) is 17.3 Å². The summed E-state index contributed by atoms with van der Waals surface area (Å²) in [4.78, 5) is 31.9. The Morgan fingerprint density at radius 3 is 2.49 bits per heavy atom. The average Bonchev–Trinajstić information content (AvgIpc) is 2.99. The highest BCUT2D eigenvalue weighted by molar-refractivity contribution is 7.89. The van der Waals surface area contributed by atoms with E-state index in [9.17, 15) is 26.4 Å². The molecule has 0 saturated carbocycles. The van der Waals surface area contributed by atoms with Gasteiger partial charge in [-0.3, -0.25) is 4.79 Å². The molecule has 0 unspecified atom stereocenters. The number of hydrogen-bond acceptors (Lipinski definition) is 10. The first-order valence-electron chi connectivity index (χ1n) is 13.2. The van der Waals surface area contributed by atoms with E-state index in [0.29, 0.717) is 17.0 Å². The van der Waals surface area contributed by atoms with Crippen LogP contribution in [0, 0.1) is 0 Å². The Bertz CT molecular complexity index is 1690. The molecule has 1 amide bonds. The SMILES string of the molecule is CCNc1ccc(CNC(=O)[C@H]2CN(c3cnc4cncnc4n3)CCN2S(=O)(=O)c2ccc(OC(F)(F)F)cc2)cc1. The van der Waals surface area contributed by atoms with Crippen LogP contribution < -0.4 is 20.3 Å². The van der Waals surface area contributed by atoms with Crippen LogP contribution in [0.3, 0.4) is 0 Å². The van der Waals surface area contributed by atoms with Crippen molar-refractivity contribution >= 4 is 38.6 Å². The first kappa shape index (κ1) is 29.9. The maximum absolute atomic E-state index is 13.7. The minimum Gasteiger partial charge on any atom is -0.406 e. The highest BCUT2D eigenvalue weighted by Crippen LogP contribution is 2.28. The van der Waals surface area contributed by atoms with E-state index in [1.807, 2.05) is 31.2 Å². The molecule has 12 nitrogen and oxygen atoms in total. The van der Waals surface area contributed by atoms with Crippen LogP contribution in [0.5, 0.6) is 5.75 Å². The lowest BCUT2D eigenvalue weighted by atomic mass is 10.1. The number of benzene rings is 2. The van der Waals surface area contributed by atoms with Gasteiger partial charge in [0.25, 0.3) is 0 Å². The lowest BCUT2D eigenvalue weighted by molar-refractivity contribution is -0.274. The monoisotopic (exact) mass is 616 g/mol. The molecule has 0 bridgehead atoms. The van der Waals surface area contributed by atoms with Crippen molar-refractivity contribution < 1.29 is 31.1 Å². The van der Waals surface area contributed by atoms with Gasteiger partial charge in [0, 0.05) is 38.4 Å². The number of aromatic nitrogens is 4. The minimum atomic E-state index is -4.93. The van der Waals surface area contributed by atoms with Crippen LogP contribution >= 0.6 is 0 Å². The zero-order chi connectivity index (χ0) is 30.6. The Labute approximate surface area is 245 Å². The number of amides is 1. The molecule has 2 N–H and O–H groups in total. The van der Waals surface area contributed by atoms with E-state index in [4.69, 9.17) is 0 Å². The molecule has 1 aliphatic heterocycles. The van der Waals surface area contributed by atoms with Gasteiger partial charge in [-0.1, -0.05) is 12.1 Å². The highest BCUT2D eigenvalue weighted by atomic mass is 32.2. The van der Waals surface area contributed by atoms with Crippen molar-refractivity contribution in [3.63, 3.8) is 0 Å². The fourth-order valence-corrected chi connectivity index (χ4v) is 6.16. The second-order valence-electron chi connectivity index (χ2n) is 9.50. The fraction of sp³-hybridized carbons (Fsp3) is 0.296. The molecule has 2 aromatic carbocycles. The zero-order valence-corrected chi connectivity index (χ0v) is 23.6. The molecule has 4 aromatic rings. The number of halogens is 3. The maximum Gasteiger partial charge on any atom is 0.573 e. The van der Waals surface area contributed by atoms with Crippen molar-refractivity contribution in [2.75, 3.05) is 36.4 Å². The van der Waals surface area contributed by atoms with E-state index in [-0.39, 0.29) is 31.1 Å². The van der Waals surface area contributed by atoms with Crippen molar-refractivity contribution in [2.24, 2.45) is 0 Å². The molecule has 1 aliphatic rings. The van der Waals surface area contributed by atoms with E-state index in [2.05, 4.69) is 35.3 Å².